The Morgan fingerprint density at radius 1 is 1.47 bits per heavy atom. The lowest BCUT2D eigenvalue weighted by Crippen LogP contribution is -2.49. The van der Waals surface area contributed by atoms with E-state index < -0.39 is 0 Å². The molecule has 0 radical (unpaired) electrons. The number of nitrogens with one attached hydrogen (secondary N) is 2. The van der Waals surface area contributed by atoms with Crippen LogP contribution in [0.3, 0.4) is 0 Å². The summed E-state index contributed by atoms with van der Waals surface area (Å²) in [5.74, 6) is 1.83. The molecule has 0 amide bonds. The predicted molar refractivity (Wildman–Crippen MR) is 73.4 cm³/mol. The first kappa shape index (κ1) is 12.9. The van der Waals surface area contributed by atoms with Crippen LogP contribution < -0.4 is 10.2 Å². The van der Waals surface area contributed by atoms with Crippen molar-refractivity contribution >= 4 is 5.95 Å². The molecular formula is C13H23N5O. The van der Waals surface area contributed by atoms with Crippen molar-refractivity contribution in [2.24, 2.45) is 0 Å². The minimum Gasteiger partial charge on any atom is -0.378 e. The maximum atomic E-state index is 5.63. The molecule has 19 heavy (non-hydrogen) atoms. The lowest BCUT2D eigenvalue weighted by atomic mass is 10.1. The van der Waals surface area contributed by atoms with E-state index in [1.165, 1.54) is 12.8 Å². The molecule has 2 aliphatic heterocycles. The van der Waals surface area contributed by atoms with Crippen molar-refractivity contribution in [1.29, 1.82) is 0 Å². The van der Waals surface area contributed by atoms with Crippen LogP contribution >= 0.6 is 0 Å². The van der Waals surface area contributed by atoms with Gasteiger partial charge in [-0.1, -0.05) is 0 Å². The van der Waals surface area contributed by atoms with E-state index in [-0.39, 0.29) is 0 Å². The molecule has 6 heteroatoms. The lowest BCUT2D eigenvalue weighted by Gasteiger charge is -2.30. The molecule has 106 valence electrons. The molecule has 3 heterocycles. The largest absolute Gasteiger partial charge is 0.378 e. The molecule has 3 rings (SSSR count). The van der Waals surface area contributed by atoms with Gasteiger partial charge in [-0.05, 0) is 26.2 Å². The molecular weight excluding hydrogens is 242 g/mol. The van der Waals surface area contributed by atoms with Crippen molar-refractivity contribution < 1.29 is 4.74 Å². The number of nitrogens with zero attached hydrogens (tertiary/aromatic N) is 3. The summed E-state index contributed by atoms with van der Waals surface area (Å²) < 4.78 is 5.63. The van der Waals surface area contributed by atoms with Crippen LogP contribution in [0.1, 0.15) is 32.0 Å². The molecule has 0 saturated carbocycles. The van der Waals surface area contributed by atoms with Crippen molar-refractivity contribution in [3.8, 4) is 0 Å². The summed E-state index contributed by atoms with van der Waals surface area (Å²) in [6.45, 7) is 6.07. The van der Waals surface area contributed by atoms with Crippen LogP contribution in [0.2, 0.25) is 0 Å². The Kier molecular flexibility index (Phi) is 3.98. The van der Waals surface area contributed by atoms with E-state index in [1.807, 2.05) is 0 Å². The van der Waals surface area contributed by atoms with Crippen LogP contribution in [0.5, 0.6) is 0 Å². The van der Waals surface area contributed by atoms with Crippen molar-refractivity contribution in [2.75, 3.05) is 31.1 Å². The zero-order chi connectivity index (χ0) is 13.1. The highest BCUT2D eigenvalue weighted by Crippen LogP contribution is 2.17. The molecule has 2 unspecified atom stereocenters. The van der Waals surface area contributed by atoms with Gasteiger partial charge in [-0.2, -0.15) is 4.98 Å². The van der Waals surface area contributed by atoms with Gasteiger partial charge in [0, 0.05) is 38.7 Å². The summed E-state index contributed by atoms with van der Waals surface area (Å²) in [6.07, 6.45) is 4.79. The second-order valence-electron chi connectivity index (χ2n) is 5.56. The average molecular weight is 265 g/mol. The highest BCUT2D eigenvalue weighted by molar-refractivity contribution is 5.30. The van der Waals surface area contributed by atoms with Gasteiger partial charge in [0.2, 0.25) is 5.95 Å². The van der Waals surface area contributed by atoms with Crippen molar-refractivity contribution in [3.05, 3.63) is 5.82 Å². The number of aromatic nitrogens is 3. The Labute approximate surface area is 113 Å². The Morgan fingerprint density at radius 3 is 3.21 bits per heavy atom. The average Bonchev–Trinajstić information content (AvgIpc) is 3.08. The van der Waals surface area contributed by atoms with E-state index in [2.05, 4.69) is 32.3 Å². The normalized spacial score (nSPS) is 27.9. The summed E-state index contributed by atoms with van der Waals surface area (Å²) in [7, 11) is 0. The first-order valence-corrected chi connectivity index (χ1v) is 7.32. The lowest BCUT2D eigenvalue weighted by molar-refractivity contribution is 0.104. The zero-order valence-electron chi connectivity index (χ0n) is 11.6. The monoisotopic (exact) mass is 265 g/mol. The second-order valence-corrected chi connectivity index (χ2v) is 5.56. The summed E-state index contributed by atoms with van der Waals surface area (Å²) in [6, 6.07) is 0.502. The molecule has 2 saturated heterocycles. The summed E-state index contributed by atoms with van der Waals surface area (Å²) >= 11 is 0. The van der Waals surface area contributed by atoms with E-state index >= 15 is 0 Å². The summed E-state index contributed by atoms with van der Waals surface area (Å²) in [5.41, 5.74) is 0. The van der Waals surface area contributed by atoms with E-state index in [0.717, 1.165) is 50.9 Å². The Bertz CT molecular complexity index is 401. The highest BCUT2D eigenvalue weighted by Gasteiger charge is 2.20. The molecule has 2 N–H and O–H groups in total. The van der Waals surface area contributed by atoms with Gasteiger partial charge in [0.05, 0.1) is 6.10 Å². The van der Waals surface area contributed by atoms with E-state index in [4.69, 9.17) is 4.74 Å². The van der Waals surface area contributed by atoms with Crippen LogP contribution in [0.15, 0.2) is 0 Å². The van der Waals surface area contributed by atoms with Gasteiger partial charge in [0.1, 0.15) is 5.82 Å². The second kappa shape index (κ2) is 5.88. The number of aromatic amines is 1. The number of aryl methyl sites for hydroxylation is 1. The fourth-order valence-corrected chi connectivity index (χ4v) is 2.82. The number of hydrogen-bond acceptors (Lipinski definition) is 5. The van der Waals surface area contributed by atoms with Crippen molar-refractivity contribution in [3.63, 3.8) is 0 Å². The minimum atomic E-state index is 0.424. The van der Waals surface area contributed by atoms with E-state index in [9.17, 15) is 0 Å². The number of rotatable bonds is 4. The maximum Gasteiger partial charge on any atom is 0.244 e. The fraction of sp³-hybridized carbons (Fsp3) is 0.846. The highest BCUT2D eigenvalue weighted by atomic mass is 16.5. The van der Waals surface area contributed by atoms with Gasteiger partial charge in [-0.25, -0.2) is 0 Å². The van der Waals surface area contributed by atoms with Gasteiger partial charge in [-0.15, -0.1) is 5.10 Å². The molecule has 2 atom stereocenters. The van der Waals surface area contributed by atoms with Gasteiger partial charge >= 0.3 is 0 Å². The van der Waals surface area contributed by atoms with Gasteiger partial charge in [0.25, 0.3) is 0 Å². The minimum absolute atomic E-state index is 0.424. The molecule has 2 fully saturated rings. The molecule has 1 aromatic rings. The quantitative estimate of drug-likeness (QED) is 0.839. The first-order valence-electron chi connectivity index (χ1n) is 7.32. The van der Waals surface area contributed by atoms with Crippen LogP contribution in [-0.4, -0.2) is 53.6 Å². The van der Waals surface area contributed by atoms with Gasteiger partial charge in [0.15, 0.2) is 0 Å². The third-order valence-electron chi connectivity index (χ3n) is 3.90. The number of anilines is 1. The summed E-state index contributed by atoms with van der Waals surface area (Å²) in [4.78, 5) is 6.85. The summed E-state index contributed by atoms with van der Waals surface area (Å²) in [5, 5.41) is 10.8. The van der Waals surface area contributed by atoms with Crippen LogP contribution in [0.25, 0.3) is 0 Å². The smallest absolute Gasteiger partial charge is 0.244 e. The van der Waals surface area contributed by atoms with Crippen LogP contribution in [-0.2, 0) is 11.2 Å². The van der Waals surface area contributed by atoms with E-state index in [0.29, 0.717) is 12.1 Å². The topological polar surface area (TPSA) is 66.1 Å². The SMILES string of the molecule is CC1CN(c2n[nH]c(CCC3CCCO3)n2)CCN1. The van der Waals surface area contributed by atoms with E-state index in [1.54, 1.807) is 0 Å². The third-order valence-corrected chi connectivity index (χ3v) is 3.90. The van der Waals surface area contributed by atoms with Crippen LogP contribution in [0.4, 0.5) is 5.95 Å². The molecule has 6 nitrogen and oxygen atoms in total. The van der Waals surface area contributed by atoms with Crippen molar-refractivity contribution in [2.45, 2.75) is 44.8 Å². The van der Waals surface area contributed by atoms with Gasteiger partial charge in [-0.3, -0.25) is 5.10 Å². The Hall–Kier alpha value is -1.14. The Balaban J connectivity index is 1.53. The number of hydrogen-bond donors (Lipinski definition) is 2. The zero-order valence-corrected chi connectivity index (χ0v) is 11.6. The van der Waals surface area contributed by atoms with Gasteiger partial charge < -0.3 is 15.0 Å². The Morgan fingerprint density at radius 2 is 2.42 bits per heavy atom. The maximum absolute atomic E-state index is 5.63. The molecule has 1 aromatic heterocycles. The molecule has 0 spiro atoms. The molecule has 0 aliphatic carbocycles. The molecule has 2 aliphatic rings. The first-order chi connectivity index (χ1) is 9.31. The molecule has 0 bridgehead atoms. The van der Waals surface area contributed by atoms with Crippen molar-refractivity contribution in [1.82, 2.24) is 20.5 Å². The third kappa shape index (κ3) is 3.25. The molecule has 0 aromatic carbocycles. The predicted octanol–water partition coefficient (Wildman–Crippen LogP) is 0.714. The number of ether oxygens (including phenoxy) is 1. The number of piperazine rings is 1. The number of H-pyrrole nitrogens is 1. The van der Waals surface area contributed by atoms with Crippen LogP contribution in [0, 0.1) is 0 Å². The standard InChI is InChI=1S/C13H23N5O/c1-10-9-18(7-6-14-10)13-15-12(16-17-13)5-4-11-3-2-8-19-11/h10-11,14H,2-9H2,1H3,(H,15,16,17). The fourth-order valence-electron chi connectivity index (χ4n) is 2.82.